The number of hydrogen-bond acceptors (Lipinski definition) is 4. The molecule has 6 heteroatoms. The average molecular weight is 296 g/mol. The summed E-state index contributed by atoms with van der Waals surface area (Å²) < 4.78 is 23.9. The number of benzene rings is 1. The Labute approximate surface area is 119 Å². The zero-order valence-electron chi connectivity index (χ0n) is 11.5. The number of rotatable bonds is 6. The standard InChI is InChI=1S/C14H20N2O3S/c1-2-20(18,19)13-6-4-3-5-12(13)16-14(17)9-11(15)10-7-8-10/h3-6,10-11H,2,7-9,15H2,1H3,(H,16,17). The molecular weight excluding hydrogens is 276 g/mol. The van der Waals surface area contributed by atoms with Gasteiger partial charge >= 0.3 is 0 Å². The molecule has 0 heterocycles. The number of amides is 1. The lowest BCUT2D eigenvalue weighted by molar-refractivity contribution is -0.116. The molecule has 2 rings (SSSR count). The Hall–Kier alpha value is -1.40. The van der Waals surface area contributed by atoms with Gasteiger partial charge in [0, 0.05) is 12.5 Å². The summed E-state index contributed by atoms with van der Waals surface area (Å²) in [5, 5.41) is 2.67. The van der Waals surface area contributed by atoms with E-state index in [2.05, 4.69) is 5.32 Å². The third kappa shape index (κ3) is 3.58. The maximum atomic E-state index is 12.0. The minimum atomic E-state index is -3.35. The maximum Gasteiger partial charge on any atom is 0.225 e. The highest BCUT2D eigenvalue weighted by molar-refractivity contribution is 7.91. The van der Waals surface area contributed by atoms with Crippen LogP contribution in [0.5, 0.6) is 0 Å². The highest BCUT2D eigenvalue weighted by Gasteiger charge is 2.30. The molecule has 20 heavy (non-hydrogen) atoms. The van der Waals surface area contributed by atoms with E-state index in [1.807, 2.05) is 0 Å². The van der Waals surface area contributed by atoms with Crippen LogP contribution in [-0.2, 0) is 14.6 Å². The number of carbonyl (C=O) groups is 1. The minimum absolute atomic E-state index is 0.00146. The van der Waals surface area contributed by atoms with Crippen molar-refractivity contribution in [3.05, 3.63) is 24.3 Å². The smallest absolute Gasteiger partial charge is 0.225 e. The van der Waals surface area contributed by atoms with Gasteiger partial charge in [0.2, 0.25) is 5.91 Å². The number of sulfone groups is 1. The first-order valence-electron chi connectivity index (χ1n) is 6.81. The molecule has 1 aliphatic carbocycles. The molecule has 0 saturated heterocycles. The van der Waals surface area contributed by atoms with Crippen molar-refractivity contribution in [2.75, 3.05) is 11.1 Å². The van der Waals surface area contributed by atoms with Gasteiger partial charge in [-0.2, -0.15) is 0 Å². The van der Waals surface area contributed by atoms with E-state index in [-0.39, 0.29) is 29.0 Å². The highest BCUT2D eigenvalue weighted by Crippen LogP contribution is 2.33. The van der Waals surface area contributed by atoms with Crippen LogP contribution in [0.15, 0.2) is 29.2 Å². The molecule has 3 N–H and O–H groups in total. The van der Waals surface area contributed by atoms with E-state index in [0.717, 1.165) is 12.8 Å². The van der Waals surface area contributed by atoms with Gasteiger partial charge in [-0.3, -0.25) is 4.79 Å². The Bertz CT molecular complexity index is 594. The number of nitrogens with two attached hydrogens (primary N) is 1. The van der Waals surface area contributed by atoms with Gasteiger partial charge in [-0.25, -0.2) is 8.42 Å². The van der Waals surface area contributed by atoms with Crippen molar-refractivity contribution >= 4 is 21.4 Å². The molecule has 0 aliphatic heterocycles. The SMILES string of the molecule is CCS(=O)(=O)c1ccccc1NC(=O)CC(N)C1CC1. The fraction of sp³-hybridized carbons (Fsp3) is 0.500. The van der Waals surface area contributed by atoms with Crippen LogP contribution >= 0.6 is 0 Å². The van der Waals surface area contributed by atoms with Crippen LogP contribution in [-0.4, -0.2) is 26.1 Å². The van der Waals surface area contributed by atoms with E-state index in [1.54, 1.807) is 25.1 Å². The fourth-order valence-electron chi connectivity index (χ4n) is 2.10. The van der Waals surface area contributed by atoms with Crippen molar-refractivity contribution < 1.29 is 13.2 Å². The minimum Gasteiger partial charge on any atom is -0.327 e. The molecule has 0 spiro atoms. The van der Waals surface area contributed by atoms with Crippen LogP contribution in [0.3, 0.4) is 0 Å². The summed E-state index contributed by atoms with van der Waals surface area (Å²) in [5.74, 6) is 0.208. The quantitative estimate of drug-likeness (QED) is 0.833. The number of carbonyl (C=O) groups excluding carboxylic acids is 1. The van der Waals surface area contributed by atoms with Crippen LogP contribution in [0.25, 0.3) is 0 Å². The number of para-hydroxylation sites is 1. The normalized spacial score (nSPS) is 16.7. The lowest BCUT2D eigenvalue weighted by atomic mass is 10.1. The van der Waals surface area contributed by atoms with Crippen LogP contribution < -0.4 is 11.1 Å². The Morgan fingerprint density at radius 2 is 2.05 bits per heavy atom. The third-order valence-corrected chi connectivity index (χ3v) is 5.31. The van der Waals surface area contributed by atoms with Crippen molar-refractivity contribution in [2.45, 2.75) is 37.1 Å². The molecule has 0 bridgehead atoms. The van der Waals surface area contributed by atoms with Crippen molar-refractivity contribution in [3.63, 3.8) is 0 Å². The molecule has 1 aromatic rings. The molecule has 1 amide bonds. The summed E-state index contributed by atoms with van der Waals surface area (Å²) in [6.45, 7) is 1.58. The lowest BCUT2D eigenvalue weighted by Gasteiger charge is -2.13. The van der Waals surface area contributed by atoms with Gasteiger partial charge in [-0.05, 0) is 30.9 Å². The molecule has 110 valence electrons. The van der Waals surface area contributed by atoms with Crippen LogP contribution in [0.2, 0.25) is 0 Å². The maximum absolute atomic E-state index is 12.0. The average Bonchev–Trinajstić information content (AvgIpc) is 3.23. The van der Waals surface area contributed by atoms with Crippen molar-refractivity contribution in [3.8, 4) is 0 Å². The molecular formula is C14H20N2O3S. The number of anilines is 1. The zero-order chi connectivity index (χ0) is 14.8. The van der Waals surface area contributed by atoms with E-state index in [4.69, 9.17) is 5.73 Å². The second kappa shape index (κ2) is 5.93. The van der Waals surface area contributed by atoms with E-state index in [0.29, 0.717) is 11.6 Å². The molecule has 1 saturated carbocycles. The first-order valence-corrected chi connectivity index (χ1v) is 8.46. The van der Waals surface area contributed by atoms with Gasteiger partial charge in [0.05, 0.1) is 16.3 Å². The van der Waals surface area contributed by atoms with E-state index in [9.17, 15) is 13.2 Å². The molecule has 1 unspecified atom stereocenters. The van der Waals surface area contributed by atoms with Gasteiger partial charge in [-0.15, -0.1) is 0 Å². The van der Waals surface area contributed by atoms with E-state index in [1.165, 1.54) is 6.07 Å². The molecule has 1 fully saturated rings. The Morgan fingerprint density at radius 3 is 2.65 bits per heavy atom. The topological polar surface area (TPSA) is 89.3 Å². The van der Waals surface area contributed by atoms with Crippen molar-refractivity contribution in [1.82, 2.24) is 0 Å². The zero-order valence-corrected chi connectivity index (χ0v) is 12.3. The Kier molecular flexibility index (Phi) is 4.45. The molecule has 0 aromatic heterocycles. The lowest BCUT2D eigenvalue weighted by Crippen LogP contribution is -2.29. The first kappa shape index (κ1) is 15.0. The van der Waals surface area contributed by atoms with Crippen molar-refractivity contribution in [1.29, 1.82) is 0 Å². The second-order valence-corrected chi connectivity index (χ2v) is 7.40. The molecule has 1 aliphatic rings. The monoisotopic (exact) mass is 296 g/mol. The summed E-state index contributed by atoms with van der Waals surface area (Å²) in [6, 6.07) is 6.32. The summed E-state index contributed by atoms with van der Waals surface area (Å²) >= 11 is 0. The van der Waals surface area contributed by atoms with Crippen LogP contribution in [0.4, 0.5) is 5.69 Å². The highest BCUT2D eigenvalue weighted by atomic mass is 32.2. The number of nitrogens with one attached hydrogen (secondary N) is 1. The molecule has 0 radical (unpaired) electrons. The largest absolute Gasteiger partial charge is 0.327 e. The summed E-state index contributed by atoms with van der Waals surface area (Å²) in [4.78, 5) is 12.1. The Morgan fingerprint density at radius 1 is 1.40 bits per heavy atom. The number of hydrogen-bond donors (Lipinski definition) is 2. The molecule has 1 atom stereocenters. The van der Waals surface area contributed by atoms with Crippen LogP contribution in [0.1, 0.15) is 26.2 Å². The van der Waals surface area contributed by atoms with E-state index >= 15 is 0 Å². The predicted octanol–water partition coefficient (Wildman–Crippen LogP) is 1.55. The fourth-order valence-corrected chi connectivity index (χ4v) is 3.15. The molecule has 1 aromatic carbocycles. The Balaban J connectivity index is 2.11. The summed E-state index contributed by atoms with van der Waals surface area (Å²) in [6.07, 6.45) is 2.38. The third-order valence-electron chi connectivity index (χ3n) is 3.52. The van der Waals surface area contributed by atoms with E-state index < -0.39 is 9.84 Å². The predicted molar refractivity (Wildman–Crippen MR) is 78.1 cm³/mol. The first-order chi connectivity index (χ1) is 9.44. The van der Waals surface area contributed by atoms with Gasteiger partial charge in [0.25, 0.3) is 0 Å². The van der Waals surface area contributed by atoms with Gasteiger partial charge in [0.1, 0.15) is 0 Å². The molecule has 5 nitrogen and oxygen atoms in total. The summed E-state index contributed by atoms with van der Waals surface area (Å²) in [5.41, 5.74) is 6.24. The second-order valence-electron chi connectivity index (χ2n) is 5.15. The van der Waals surface area contributed by atoms with Gasteiger partial charge in [-0.1, -0.05) is 19.1 Å². The van der Waals surface area contributed by atoms with Gasteiger partial charge in [0.15, 0.2) is 9.84 Å². The summed E-state index contributed by atoms with van der Waals surface area (Å²) in [7, 11) is -3.35. The van der Waals surface area contributed by atoms with Crippen molar-refractivity contribution in [2.24, 2.45) is 11.7 Å². The van der Waals surface area contributed by atoms with Crippen LogP contribution in [0, 0.1) is 5.92 Å². The van der Waals surface area contributed by atoms with Gasteiger partial charge < -0.3 is 11.1 Å².